The van der Waals surface area contributed by atoms with Gasteiger partial charge in [0, 0.05) is 10.0 Å². The van der Waals surface area contributed by atoms with Crippen molar-refractivity contribution in [1.82, 2.24) is 0 Å². The molecule has 0 fully saturated rings. The van der Waals surface area contributed by atoms with Gasteiger partial charge in [-0.05, 0) is 40.9 Å². The topological polar surface area (TPSA) is 56.2 Å². The van der Waals surface area contributed by atoms with Crippen molar-refractivity contribution in [3.63, 3.8) is 0 Å². The highest BCUT2D eigenvalue weighted by Crippen LogP contribution is 2.35. The van der Waals surface area contributed by atoms with Gasteiger partial charge in [0.1, 0.15) is 5.58 Å². The molecule has 0 amide bonds. The molecule has 0 saturated heterocycles. The third-order valence-corrected chi connectivity index (χ3v) is 3.83. The third-order valence-electron chi connectivity index (χ3n) is 3.16. The van der Waals surface area contributed by atoms with E-state index in [1.54, 1.807) is 6.07 Å². The van der Waals surface area contributed by atoms with E-state index in [9.17, 15) is 4.79 Å². The van der Waals surface area contributed by atoms with Crippen molar-refractivity contribution in [1.29, 1.82) is 0 Å². The van der Waals surface area contributed by atoms with Crippen LogP contribution in [0.3, 0.4) is 0 Å². The highest BCUT2D eigenvalue weighted by molar-refractivity contribution is 9.10. The van der Waals surface area contributed by atoms with E-state index < -0.39 is 0 Å². The molecule has 1 aliphatic rings. The van der Waals surface area contributed by atoms with Crippen LogP contribution in [0.25, 0.3) is 11.0 Å². The fraction of sp³-hybridized carbons (Fsp3) is 0.133. The van der Waals surface area contributed by atoms with Crippen molar-refractivity contribution in [2.75, 3.05) is 5.73 Å². The molecule has 1 aromatic carbocycles. The number of ketones is 1. The van der Waals surface area contributed by atoms with Gasteiger partial charge >= 0.3 is 0 Å². The smallest absolute Gasteiger partial charge is 0.230 e. The zero-order valence-electron chi connectivity index (χ0n) is 10.2. The summed E-state index contributed by atoms with van der Waals surface area (Å²) in [4.78, 5) is 12.4. The Hall–Kier alpha value is -1.81. The Morgan fingerprint density at radius 2 is 2.16 bits per heavy atom. The Bertz CT molecular complexity index is 725. The fourth-order valence-electron chi connectivity index (χ4n) is 2.21. The molecule has 96 valence electrons. The second kappa shape index (κ2) is 4.70. The lowest BCUT2D eigenvalue weighted by Gasteiger charge is -2.04. The highest BCUT2D eigenvalue weighted by atomic mass is 79.9. The van der Waals surface area contributed by atoms with E-state index in [0.717, 1.165) is 22.7 Å². The van der Waals surface area contributed by atoms with Crippen molar-refractivity contribution in [2.24, 2.45) is 0 Å². The lowest BCUT2D eigenvalue weighted by Crippen LogP contribution is -2.04. The van der Waals surface area contributed by atoms with E-state index in [0.29, 0.717) is 16.8 Å². The van der Waals surface area contributed by atoms with E-state index >= 15 is 0 Å². The van der Waals surface area contributed by atoms with Crippen molar-refractivity contribution < 1.29 is 9.21 Å². The predicted molar refractivity (Wildman–Crippen MR) is 79.1 cm³/mol. The number of benzene rings is 1. The van der Waals surface area contributed by atoms with Crippen LogP contribution in [0.15, 0.2) is 50.9 Å². The zero-order chi connectivity index (χ0) is 13.4. The fourth-order valence-corrected chi connectivity index (χ4v) is 2.77. The Morgan fingerprint density at radius 3 is 2.84 bits per heavy atom. The van der Waals surface area contributed by atoms with Crippen molar-refractivity contribution in [2.45, 2.75) is 12.8 Å². The number of anilines is 1. The molecule has 19 heavy (non-hydrogen) atoms. The number of carbonyl (C=O) groups excluding carboxylic acids is 1. The molecule has 0 radical (unpaired) electrons. The second-order valence-corrected chi connectivity index (χ2v) is 5.28. The summed E-state index contributed by atoms with van der Waals surface area (Å²) in [5.74, 6) is 0.0660. The summed E-state index contributed by atoms with van der Waals surface area (Å²) in [6.45, 7) is 0. The molecule has 0 spiro atoms. The summed E-state index contributed by atoms with van der Waals surface area (Å²) in [6.07, 6.45) is 7.58. The van der Waals surface area contributed by atoms with Gasteiger partial charge in [0.15, 0.2) is 5.76 Å². The van der Waals surface area contributed by atoms with Crippen LogP contribution < -0.4 is 5.73 Å². The Kier molecular flexibility index (Phi) is 3.03. The average Bonchev–Trinajstić information content (AvgIpc) is 2.78. The number of rotatable bonds is 2. The first-order valence-corrected chi connectivity index (χ1v) is 6.85. The standard InChI is InChI=1S/C15H12BrNO2/c16-10-7-4-8-11-12(10)13(17)15(19-11)14(18)9-5-2-1-3-6-9/h2,4-8H,1,3,17H2. The lowest BCUT2D eigenvalue weighted by molar-refractivity contribution is 0.101. The van der Waals surface area contributed by atoms with E-state index in [4.69, 9.17) is 10.2 Å². The molecule has 2 N–H and O–H groups in total. The number of halogens is 1. The molecule has 1 heterocycles. The largest absolute Gasteiger partial charge is 0.450 e. The average molecular weight is 318 g/mol. The van der Waals surface area contributed by atoms with Crippen LogP contribution >= 0.6 is 15.9 Å². The maximum absolute atomic E-state index is 12.4. The molecule has 0 atom stereocenters. The quantitative estimate of drug-likeness (QED) is 0.843. The normalized spacial score (nSPS) is 14.7. The summed E-state index contributed by atoms with van der Waals surface area (Å²) in [6, 6.07) is 5.53. The number of fused-ring (bicyclic) bond motifs is 1. The number of furan rings is 1. The number of hydrogen-bond donors (Lipinski definition) is 1. The SMILES string of the molecule is Nc1c(C(=O)C2=CCCC=C2)oc2cccc(Br)c12. The maximum Gasteiger partial charge on any atom is 0.230 e. The molecule has 1 aromatic heterocycles. The summed E-state index contributed by atoms with van der Waals surface area (Å²) in [7, 11) is 0. The van der Waals surface area contributed by atoms with E-state index in [-0.39, 0.29) is 11.5 Å². The minimum absolute atomic E-state index is 0.156. The zero-order valence-corrected chi connectivity index (χ0v) is 11.7. The molecule has 0 saturated carbocycles. The predicted octanol–water partition coefficient (Wildman–Crippen LogP) is 4.24. The first-order chi connectivity index (χ1) is 9.18. The third kappa shape index (κ3) is 2.02. The molecular formula is C15H12BrNO2. The Labute approximate surface area is 118 Å². The number of nitrogen functional groups attached to an aromatic ring is 1. The molecule has 0 bridgehead atoms. The number of nitrogens with two attached hydrogens (primary N) is 1. The molecule has 4 heteroatoms. The van der Waals surface area contributed by atoms with Gasteiger partial charge < -0.3 is 10.2 Å². The summed E-state index contributed by atoms with van der Waals surface area (Å²) in [5.41, 5.74) is 7.71. The van der Waals surface area contributed by atoms with Crippen LogP contribution in [0, 0.1) is 0 Å². The van der Waals surface area contributed by atoms with Gasteiger partial charge in [0.2, 0.25) is 5.78 Å². The second-order valence-electron chi connectivity index (χ2n) is 4.43. The van der Waals surface area contributed by atoms with Gasteiger partial charge in [-0.2, -0.15) is 0 Å². The number of carbonyl (C=O) groups is 1. The Balaban J connectivity index is 2.13. The van der Waals surface area contributed by atoms with Gasteiger partial charge in [-0.15, -0.1) is 0 Å². The van der Waals surface area contributed by atoms with Crippen LogP contribution in [0.2, 0.25) is 0 Å². The summed E-state index contributed by atoms with van der Waals surface area (Å²) < 4.78 is 6.45. The molecule has 0 aliphatic heterocycles. The summed E-state index contributed by atoms with van der Waals surface area (Å²) >= 11 is 3.43. The molecular weight excluding hydrogens is 306 g/mol. The molecule has 2 aromatic rings. The first-order valence-electron chi connectivity index (χ1n) is 6.06. The van der Waals surface area contributed by atoms with Crippen molar-refractivity contribution in [3.8, 4) is 0 Å². The van der Waals surface area contributed by atoms with Crippen molar-refractivity contribution >= 4 is 38.4 Å². The van der Waals surface area contributed by atoms with Gasteiger partial charge in [-0.1, -0.05) is 24.3 Å². The molecule has 3 rings (SSSR count). The van der Waals surface area contributed by atoms with E-state index in [1.807, 2.05) is 30.4 Å². The summed E-state index contributed by atoms with van der Waals surface area (Å²) in [5, 5.41) is 0.756. The molecule has 3 nitrogen and oxygen atoms in total. The first kappa shape index (κ1) is 12.2. The van der Waals surface area contributed by atoms with Gasteiger partial charge in [0.05, 0.1) is 11.1 Å². The van der Waals surface area contributed by atoms with Crippen LogP contribution in [-0.2, 0) is 0 Å². The van der Waals surface area contributed by atoms with Crippen LogP contribution in [0.1, 0.15) is 23.4 Å². The van der Waals surface area contributed by atoms with Crippen LogP contribution in [-0.4, -0.2) is 5.78 Å². The highest BCUT2D eigenvalue weighted by Gasteiger charge is 2.22. The monoisotopic (exact) mass is 317 g/mol. The number of allylic oxidation sites excluding steroid dienone is 4. The lowest BCUT2D eigenvalue weighted by atomic mass is 10.0. The molecule has 1 aliphatic carbocycles. The maximum atomic E-state index is 12.4. The minimum Gasteiger partial charge on any atom is -0.450 e. The molecule has 0 unspecified atom stereocenters. The van der Waals surface area contributed by atoms with Gasteiger partial charge in [-0.3, -0.25) is 4.79 Å². The van der Waals surface area contributed by atoms with Gasteiger partial charge in [-0.25, -0.2) is 0 Å². The van der Waals surface area contributed by atoms with Crippen LogP contribution in [0.4, 0.5) is 5.69 Å². The van der Waals surface area contributed by atoms with E-state index in [1.165, 1.54) is 0 Å². The van der Waals surface area contributed by atoms with Gasteiger partial charge in [0.25, 0.3) is 0 Å². The van der Waals surface area contributed by atoms with Crippen molar-refractivity contribution in [3.05, 3.63) is 52.2 Å². The number of hydrogen-bond acceptors (Lipinski definition) is 3. The minimum atomic E-state index is -0.156. The van der Waals surface area contributed by atoms with E-state index in [2.05, 4.69) is 15.9 Å². The Morgan fingerprint density at radius 1 is 1.32 bits per heavy atom. The van der Waals surface area contributed by atoms with Crippen LogP contribution in [0.5, 0.6) is 0 Å². The number of Topliss-reactive ketones (excluding diaryl/α,β-unsaturated/α-hetero) is 1.